The SMILES string of the molecule is CN(Cc1cnc(N)s1)C[C@@H]1Cc2ccccc2O1. The van der Waals surface area contributed by atoms with Crippen molar-refractivity contribution in [3.05, 3.63) is 40.9 Å². The summed E-state index contributed by atoms with van der Waals surface area (Å²) in [7, 11) is 2.10. The van der Waals surface area contributed by atoms with Crippen LogP contribution in [0.4, 0.5) is 5.13 Å². The lowest BCUT2D eigenvalue weighted by molar-refractivity contribution is 0.165. The van der Waals surface area contributed by atoms with Crippen LogP contribution < -0.4 is 10.5 Å². The summed E-state index contributed by atoms with van der Waals surface area (Å²) < 4.78 is 5.94. The normalized spacial score (nSPS) is 17.5. The molecular formula is C14H17N3OS. The molecule has 0 unspecified atom stereocenters. The van der Waals surface area contributed by atoms with Crippen LogP contribution in [0.5, 0.6) is 5.75 Å². The van der Waals surface area contributed by atoms with Crippen molar-refractivity contribution >= 4 is 16.5 Å². The fraction of sp³-hybridized carbons (Fsp3) is 0.357. The number of anilines is 1. The molecular weight excluding hydrogens is 258 g/mol. The van der Waals surface area contributed by atoms with Crippen LogP contribution in [0.2, 0.25) is 0 Å². The Morgan fingerprint density at radius 3 is 3.05 bits per heavy atom. The first-order chi connectivity index (χ1) is 9.20. The standard InChI is InChI=1S/C14H17N3OS/c1-17(9-12-7-16-14(15)19-12)8-11-6-10-4-2-3-5-13(10)18-11/h2-5,7,11H,6,8-9H2,1H3,(H2,15,16)/t11-/m0/s1. The number of ether oxygens (including phenoxy) is 1. The first kappa shape index (κ1) is 12.4. The van der Waals surface area contributed by atoms with Crippen LogP contribution >= 0.6 is 11.3 Å². The van der Waals surface area contributed by atoms with Gasteiger partial charge in [-0.2, -0.15) is 0 Å². The molecule has 4 nitrogen and oxygen atoms in total. The van der Waals surface area contributed by atoms with Crippen molar-refractivity contribution in [2.75, 3.05) is 19.3 Å². The molecule has 0 bridgehead atoms. The fourth-order valence-electron chi connectivity index (χ4n) is 2.43. The zero-order valence-corrected chi connectivity index (χ0v) is 11.7. The maximum Gasteiger partial charge on any atom is 0.180 e. The van der Waals surface area contributed by atoms with Crippen LogP contribution in [0.3, 0.4) is 0 Å². The van der Waals surface area contributed by atoms with E-state index in [1.165, 1.54) is 10.4 Å². The highest BCUT2D eigenvalue weighted by molar-refractivity contribution is 7.15. The van der Waals surface area contributed by atoms with Crippen molar-refractivity contribution in [2.45, 2.75) is 19.1 Å². The molecule has 0 spiro atoms. The lowest BCUT2D eigenvalue weighted by atomic mass is 10.1. The van der Waals surface area contributed by atoms with Crippen LogP contribution in [-0.2, 0) is 13.0 Å². The molecule has 5 heteroatoms. The monoisotopic (exact) mass is 275 g/mol. The average molecular weight is 275 g/mol. The van der Waals surface area contributed by atoms with Crippen LogP contribution in [-0.4, -0.2) is 29.6 Å². The summed E-state index contributed by atoms with van der Waals surface area (Å²) in [5, 5.41) is 0.632. The Kier molecular flexibility index (Phi) is 3.40. The third-order valence-corrected chi connectivity index (χ3v) is 4.04. The van der Waals surface area contributed by atoms with E-state index in [1.54, 1.807) is 11.3 Å². The lowest BCUT2D eigenvalue weighted by Crippen LogP contribution is -2.31. The molecule has 100 valence electrons. The first-order valence-electron chi connectivity index (χ1n) is 6.34. The maximum absolute atomic E-state index is 5.94. The van der Waals surface area contributed by atoms with Gasteiger partial charge in [-0.1, -0.05) is 18.2 Å². The lowest BCUT2D eigenvalue weighted by Gasteiger charge is -2.19. The minimum absolute atomic E-state index is 0.243. The zero-order valence-electron chi connectivity index (χ0n) is 10.9. The highest BCUT2D eigenvalue weighted by Gasteiger charge is 2.23. The van der Waals surface area contributed by atoms with Gasteiger partial charge in [0, 0.05) is 30.6 Å². The Labute approximate surface area is 116 Å². The Hall–Kier alpha value is -1.59. The molecule has 1 aromatic heterocycles. The van der Waals surface area contributed by atoms with E-state index >= 15 is 0 Å². The van der Waals surface area contributed by atoms with Gasteiger partial charge in [-0.05, 0) is 18.7 Å². The molecule has 1 atom stereocenters. The highest BCUT2D eigenvalue weighted by Crippen LogP contribution is 2.28. The number of hydrogen-bond acceptors (Lipinski definition) is 5. The largest absolute Gasteiger partial charge is 0.488 e. The van der Waals surface area contributed by atoms with Crippen LogP contribution in [0.25, 0.3) is 0 Å². The summed E-state index contributed by atoms with van der Waals surface area (Å²) >= 11 is 1.55. The number of fused-ring (bicyclic) bond motifs is 1. The van der Waals surface area contributed by atoms with Crippen molar-refractivity contribution in [3.63, 3.8) is 0 Å². The molecule has 0 fully saturated rings. The average Bonchev–Trinajstić information content (AvgIpc) is 2.94. The summed E-state index contributed by atoms with van der Waals surface area (Å²) in [4.78, 5) is 7.52. The number of nitrogens with zero attached hydrogens (tertiary/aromatic N) is 2. The smallest absolute Gasteiger partial charge is 0.180 e. The molecule has 19 heavy (non-hydrogen) atoms. The number of aromatic nitrogens is 1. The van der Waals surface area contributed by atoms with E-state index in [0.29, 0.717) is 5.13 Å². The van der Waals surface area contributed by atoms with Gasteiger partial charge in [0.1, 0.15) is 11.9 Å². The Morgan fingerprint density at radius 2 is 2.32 bits per heavy atom. The van der Waals surface area contributed by atoms with E-state index in [0.717, 1.165) is 25.3 Å². The number of nitrogen functional groups attached to an aromatic ring is 1. The topological polar surface area (TPSA) is 51.4 Å². The van der Waals surface area contributed by atoms with Gasteiger partial charge < -0.3 is 10.5 Å². The van der Waals surface area contributed by atoms with Gasteiger partial charge in [-0.3, -0.25) is 4.90 Å². The van der Waals surface area contributed by atoms with Gasteiger partial charge in [0.15, 0.2) is 5.13 Å². The number of nitrogens with two attached hydrogens (primary N) is 1. The van der Waals surface area contributed by atoms with Gasteiger partial charge in [-0.15, -0.1) is 11.3 Å². The third kappa shape index (κ3) is 2.88. The number of benzene rings is 1. The maximum atomic E-state index is 5.94. The van der Waals surface area contributed by atoms with E-state index < -0.39 is 0 Å². The number of rotatable bonds is 4. The number of likely N-dealkylation sites (N-methyl/N-ethyl adjacent to an activating group) is 1. The minimum atomic E-state index is 0.243. The van der Waals surface area contributed by atoms with Crippen molar-refractivity contribution in [1.29, 1.82) is 0 Å². The quantitative estimate of drug-likeness (QED) is 0.929. The predicted molar refractivity (Wildman–Crippen MR) is 77.4 cm³/mol. The number of para-hydroxylation sites is 1. The second kappa shape index (κ2) is 5.19. The Morgan fingerprint density at radius 1 is 1.47 bits per heavy atom. The molecule has 1 aliphatic heterocycles. The highest BCUT2D eigenvalue weighted by atomic mass is 32.1. The molecule has 2 heterocycles. The number of hydrogen-bond donors (Lipinski definition) is 1. The number of thiazole rings is 1. The molecule has 0 saturated heterocycles. The predicted octanol–water partition coefficient (Wildman–Crippen LogP) is 2.16. The fourth-order valence-corrected chi connectivity index (χ4v) is 3.19. The summed E-state index contributed by atoms with van der Waals surface area (Å²) in [5.74, 6) is 1.03. The third-order valence-electron chi connectivity index (χ3n) is 3.23. The molecule has 1 aliphatic rings. The summed E-state index contributed by atoms with van der Waals surface area (Å²) in [6.07, 6.45) is 3.08. The molecule has 2 aromatic rings. The Bertz CT molecular complexity index is 544. The van der Waals surface area contributed by atoms with E-state index in [9.17, 15) is 0 Å². The van der Waals surface area contributed by atoms with Crippen LogP contribution in [0.1, 0.15) is 10.4 Å². The summed E-state index contributed by atoms with van der Waals surface area (Å²) in [6.45, 7) is 1.78. The van der Waals surface area contributed by atoms with Gasteiger partial charge in [0.25, 0.3) is 0 Å². The second-order valence-corrected chi connectivity index (χ2v) is 6.06. The van der Waals surface area contributed by atoms with Gasteiger partial charge in [-0.25, -0.2) is 4.98 Å². The van der Waals surface area contributed by atoms with E-state index in [-0.39, 0.29) is 6.10 Å². The first-order valence-corrected chi connectivity index (χ1v) is 7.15. The molecule has 0 aliphatic carbocycles. The molecule has 0 saturated carbocycles. The molecule has 3 rings (SSSR count). The van der Waals surface area contributed by atoms with Crippen molar-refractivity contribution in [3.8, 4) is 5.75 Å². The molecule has 2 N–H and O–H groups in total. The summed E-state index contributed by atoms with van der Waals surface area (Å²) in [6, 6.07) is 8.26. The van der Waals surface area contributed by atoms with Crippen molar-refractivity contribution in [2.24, 2.45) is 0 Å². The summed E-state index contributed by atoms with van der Waals surface area (Å²) in [5.41, 5.74) is 6.95. The molecule has 0 radical (unpaired) electrons. The Balaban J connectivity index is 1.55. The van der Waals surface area contributed by atoms with E-state index in [1.807, 2.05) is 18.3 Å². The zero-order chi connectivity index (χ0) is 13.2. The van der Waals surface area contributed by atoms with Crippen molar-refractivity contribution in [1.82, 2.24) is 9.88 Å². The second-order valence-electron chi connectivity index (χ2n) is 4.91. The molecule has 0 amide bonds. The van der Waals surface area contributed by atoms with Gasteiger partial charge >= 0.3 is 0 Å². The minimum Gasteiger partial charge on any atom is -0.488 e. The molecule has 1 aromatic carbocycles. The van der Waals surface area contributed by atoms with Crippen LogP contribution in [0, 0.1) is 0 Å². The van der Waals surface area contributed by atoms with Gasteiger partial charge in [0.05, 0.1) is 0 Å². The van der Waals surface area contributed by atoms with Gasteiger partial charge in [0.2, 0.25) is 0 Å². The van der Waals surface area contributed by atoms with E-state index in [4.69, 9.17) is 10.5 Å². The van der Waals surface area contributed by atoms with E-state index in [2.05, 4.69) is 29.1 Å². The van der Waals surface area contributed by atoms with Crippen LogP contribution in [0.15, 0.2) is 30.5 Å². The van der Waals surface area contributed by atoms with Crippen molar-refractivity contribution < 1.29 is 4.74 Å².